The number of aryl methyl sites for hydroxylation is 2. The van der Waals surface area contributed by atoms with E-state index < -0.39 is 0 Å². The van der Waals surface area contributed by atoms with Crippen molar-refractivity contribution >= 4 is 28.5 Å². The van der Waals surface area contributed by atoms with Gasteiger partial charge in [-0.25, -0.2) is 4.98 Å². The van der Waals surface area contributed by atoms with Crippen molar-refractivity contribution < 1.29 is 9.53 Å². The quantitative estimate of drug-likeness (QED) is 0.788. The Bertz CT molecular complexity index is 713. The number of benzene rings is 1. The third kappa shape index (κ3) is 4.23. The van der Waals surface area contributed by atoms with Crippen LogP contribution in [0, 0.1) is 0 Å². The number of hydrogen-bond acceptors (Lipinski definition) is 4. The predicted molar refractivity (Wildman–Crippen MR) is 98.6 cm³/mol. The van der Waals surface area contributed by atoms with E-state index in [2.05, 4.69) is 17.2 Å². The SMILES string of the molecule is CCCOc1ccccc1C=CC(=O)Nc1nc2c(s1)CCCC2. The summed E-state index contributed by atoms with van der Waals surface area (Å²) in [6.45, 7) is 2.74. The molecule has 0 atom stereocenters. The van der Waals surface area contributed by atoms with E-state index in [1.165, 1.54) is 23.8 Å². The van der Waals surface area contributed by atoms with E-state index in [1.807, 2.05) is 24.3 Å². The first-order valence-corrected chi connectivity index (χ1v) is 9.27. The fourth-order valence-corrected chi connectivity index (χ4v) is 3.73. The predicted octanol–water partition coefficient (Wildman–Crippen LogP) is 4.46. The summed E-state index contributed by atoms with van der Waals surface area (Å²) in [5.41, 5.74) is 2.06. The molecule has 1 heterocycles. The van der Waals surface area contributed by atoms with Gasteiger partial charge in [0.2, 0.25) is 5.91 Å². The number of thiazole rings is 1. The van der Waals surface area contributed by atoms with Crippen molar-refractivity contribution in [3.8, 4) is 5.75 Å². The molecule has 4 nitrogen and oxygen atoms in total. The standard InChI is InChI=1S/C19H22N2O2S/c1-2-13-23-16-9-5-3-7-14(16)11-12-18(22)21-19-20-15-8-4-6-10-17(15)24-19/h3,5,7,9,11-12H,2,4,6,8,10,13H2,1H3,(H,20,21,22). The number of nitrogens with one attached hydrogen (secondary N) is 1. The highest BCUT2D eigenvalue weighted by atomic mass is 32.1. The molecule has 1 N–H and O–H groups in total. The first kappa shape index (κ1) is 16.7. The highest BCUT2D eigenvalue weighted by molar-refractivity contribution is 7.15. The van der Waals surface area contributed by atoms with E-state index in [-0.39, 0.29) is 5.91 Å². The van der Waals surface area contributed by atoms with Gasteiger partial charge in [0.1, 0.15) is 5.75 Å². The maximum Gasteiger partial charge on any atom is 0.250 e. The fraction of sp³-hybridized carbons (Fsp3) is 0.368. The first-order chi connectivity index (χ1) is 11.8. The van der Waals surface area contributed by atoms with Crippen LogP contribution in [0.1, 0.15) is 42.3 Å². The number of amides is 1. The van der Waals surface area contributed by atoms with Crippen LogP contribution in [0.3, 0.4) is 0 Å². The van der Waals surface area contributed by atoms with E-state index in [0.29, 0.717) is 11.7 Å². The molecule has 0 saturated carbocycles. The number of ether oxygens (including phenoxy) is 1. The Morgan fingerprint density at radius 3 is 3.00 bits per heavy atom. The molecule has 0 spiro atoms. The Morgan fingerprint density at radius 1 is 1.33 bits per heavy atom. The molecule has 0 fully saturated rings. The lowest BCUT2D eigenvalue weighted by Crippen LogP contribution is -2.07. The smallest absolute Gasteiger partial charge is 0.250 e. The van der Waals surface area contributed by atoms with Gasteiger partial charge in [-0.1, -0.05) is 25.1 Å². The molecule has 2 aromatic rings. The van der Waals surface area contributed by atoms with Gasteiger partial charge < -0.3 is 4.74 Å². The Morgan fingerprint density at radius 2 is 2.17 bits per heavy atom. The first-order valence-electron chi connectivity index (χ1n) is 8.45. The van der Waals surface area contributed by atoms with Crippen LogP contribution < -0.4 is 10.1 Å². The molecule has 5 heteroatoms. The van der Waals surface area contributed by atoms with E-state index in [9.17, 15) is 4.79 Å². The highest BCUT2D eigenvalue weighted by Gasteiger charge is 2.15. The van der Waals surface area contributed by atoms with E-state index >= 15 is 0 Å². The molecule has 1 aliphatic carbocycles. The zero-order valence-electron chi connectivity index (χ0n) is 13.9. The molecule has 1 aromatic carbocycles. The van der Waals surface area contributed by atoms with Crippen LogP contribution in [-0.2, 0) is 17.6 Å². The van der Waals surface area contributed by atoms with Crippen LogP contribution in [0.2, 0.25) is 0 Å². The second-order valence-corrected chi connectivity index (χ2v) is 6.89. The number of fused-ring (bicyclic) bond motifs is 1. The lowest BCUT2D eigenvalue weighted by molar-refractivity contribution is -0.111. The molecule has 0 bridgehead atoms. The third-order valence-electron chi connectivity index (χ3n) is 3.87. The molecule has 1 amide bonds. The van der Waals surface area contributed by atoms with Crippen molar-refractivity contribution in [3.05, 3.63) is 46.5 Å². The zero-order chi connectivity index (χ0) is 16.8. The summed E-state index contributed by atoms with van der Waals surface area (Å²) in [7, 11) is 0. The fourth-order valence-electron chi connectivity index (χ4n) is 2.68. The molecule has 0 aliphatic heterocycles. The van der Waals surface area contributed by atoms with E-state index in [0.717, 1.165) is 36.3 Å². The Balaban J connectivity index is 1.64. The topological polar surface area (TPSA) is 51.2 Å². The second kappa shape index (κ2) is 8.11. The summed E-state index contributed by atoms with van der Waals surface area (Å²) in [5, 5.41) is 3.57. The van der Waals surface area contributed by atoms with Gasteiger partial charge in [0.05, 0.1) is 12.3 Å². The molecular formula is C19H22N2O2S. The minimum Gasteiger partial charge on any atom is -0.493 e. The van der Waals surface area contributed by atoms with Gasteiger partial charge in [-0.2, -0.15) is 0 Å². The van der Waals surface area contributed by atoms with Gasteiger partial charge in [0.15, 0.2) is 5.13 Å². The summed E-state index contributed by atoms with van der Waals surface area (Å²) < 4.78 is 5.70. The van der Waals surface area contributed by atoms with Gasteiger partial charge in [-0.15, -0.1) is 11.3 Å². The number of carbonyl (C=O) groups excluding carboxylic acids is 1. The van der Waals surface area contributed by atoms with Gasteiger partial charge >= 0.3 is 0 Å². The maximum atomic E-state index is 12.2. The summed E-state index contributed by atoms with van der Waals surface area (Å²) >= 11 is 1.60. The highest BCUT2D eigenvalue weighted by Crippen LogP contribution is 2.29. The van der Waals surface area contributed by atoms with E-state index in [4.69, 9.17) is 4.74 Å². The average Bonchev–Trinajstić information content (AvgIpc) is 3.01. The van der Waals surface area contributed by atoms with Crippen LogP contribution >= 0.6 is 11.3 Å². The van der Waals surface area contributed by atoms with Crippen LogP contribution in [-0.4, -0.2) is 17.5 Å². The lowest BCUT2D eigenvalue weighted by Gasteiger charge is -2.07. The number of nitrogens with zero attached hydrogens (tertiary/aromatic N) is 1. The average molecular weight is 342 g/mol. The van der Waals surface area contributed by atoms with Crippen LogP contribution in [0.5, 0.6) is 5.75 Å². The number of rotatable bonds is 6. The normalized spacial score (nSPS) is 13.7. The second-order valence-electron chi connectivity index (χ2n) is 5.80. The van der Waals surface area contributed by atoms with Gasteiger partial charge in [-0.3, -0.25) is 10.1 Å². The number of aromatic nitrogens is 1. The molecule has 0 unspecified atom stereocenters. The van der Waals surface area contributed by atoms with Crippen LogP contribution in [0.25, 0.3) is 6.08 Å². The van der Waals surface area contributed by atoms with E-state index in [1.54, 1.807) is 17.4 Å². The summed E-state index contributed by atoms with van der Waals surface area (Å²) in [6.07, 6.45) is 8.80. The lowest BCUT2D eigenvalue weighted by atomic mass is 10.0. The number of hydrogen-bond donors (Lipinski definition) is 1. The minimum absolute atomic E-state index is 0.161. The molecular weight excluding hydrogens is 320 g/mol. The Hall–Kier alpha value is -2.14. The van der Waals surface area contributed by atoms with Crippen molar-refractivity contribution in [1.29, 1.82) is 0 Å². The number of para-hydroxylation sites is 1. The van der Waals surface area contributed by atoms with Crippen molar-refractivity contribution in [2.24, 2.45) is 0 Å². The third-order valence-corrected chi connectivity index (χ3v) is 4.94. The van der Waals surface area contributed by atoms with Crippen molar-refractivity contribution in [1.82, 2.24) is 4.98 Å². The Kier molecular flexibility index (Phi) is 5.64. The summed E-state index contributed by atoms with van der Waals surface area (Å²) in [6, 6.07) is 7.73. The van der Waals surface area contributed by atoms with Gasteiger partial charge in [0, 0.05) is 16.5 Å². The number of anilines is 1. The molecule has 0 saturated heterocycles. The van der Waals surface area contributed by atoms with Gasteiger partial charge in [-0.05, 0) is 44.2 Å². The molecule has 1 aromatic heterocycles. The minimum atomic E-state index is -0.161. The van der Waals surface area contributed by atoms with Crippen LogP contribution in [0.4, 0.5) is 5.13 Å². The van der Waals surface area contributed by atoms with Gasteiger partial charge in [0.25, 0.3) is 0 Å². The summed E-state index contributed by atoms with van der Waals surface area (Å²) in [4.78, 5) is 18.0. The molecule has 126 valence electrons. The van der Waals surface area contributed by atoms with Crippen molar-refractivity contribution in [3.63, 3.8) is 0 Å². The zero-order valence-corrected chi connectivity index (χ0v) is 14.7. The molecule has 0 radical (unpaired) electrons. The maximum absolute atomic E-state index is 12.2. The van der Waals surface area contributed by atoms with Crippen molar-refractivity contribution in [2.75, 3.05) is 11.9 Å². The molecule has 3 rings (SSSR count). The van der Waals surface area contributed by atoms with Crippen LogP contribution in [0.15, 0.2) is 30.3 Å². The largest absolute Gasteiger partial charge is 0.493 e. The summed E-state index contributed by atoms with van der Waals surface area (Å²) in [5.74, 6) is 0.638. The van der Waals surface area contributed by atoms with Crippen molar-refractivity contribution in [2.45, 2.75) is 39.0 Å². The monoisotopic (exact) mass is 342 g/mol. The molecule has 1 aliphatic rings. The Labute approximate surface area is 146 Å². The number of carbonyl (C=O) groups is 1. The molecule has 24 heavy (non-hydrogen) atoms.